The zero-order valence-electron chi connectivity index (χ0n) is 11.8. The van der Waals surface area contributed by atoms with Gasteiger partial charge in [0, 0.05) is 0 Å². The van der Waals surface area contributed by atoms with Crippen molar-refractivity contribution in [2.45, 2.75) is 11.7 Å². The van der Waals surface area contributed by atoms with Crippen molar-refractivity contribution in [3.8, 4) is 0 Å². The summed E-state index contributed by atoms with van der Waals surface area (Å²) in [5, 5.41) is 20.4. The molecule has 0 spiro atoms. The van der Waals surface area contributed by atoms with Gasteiger partial charge in [0.15, 0.2) is 0 Å². The molecular weight excluding hydrogens is 302 g/mol. The fourth-order valence-corrected chi connectivity index (χ4v) is 3.69. The summed E-state index contributed by atoms with van der Waals surface area (Å²) in [5.74, 6) is -3.58. The number of anilines is 1. The molecule has 3 heterocycles. The van der Waals surface area contributed by atoms with E-state index < -0.39 is 41.3 Å². The van der Waals surface area contributed by atoms with Crippen molar-refractivity contribution in [2.24, 2.45) is 11.8 Å². The van der Waals surface area contributed by atoms with Crippen LogP contribution in [0.15, 0.2) is 36.4 Å². The number of aliphatic hydroxyl groups excluding tert-OH is 1. The van der Waals surface area contributed by atoms with Crippen LogP contribution in [0.4, 0.5) is 5.69 Å². The van der Waals surface area contributed by atoms with Gasteiger partial charge < -0.3 is 19.7 Å². The Balaban J connectivity index is 1.72. The highest BCUT2D eigenvalue weighted by molar-refractivity contribution is 6.23. The first-order valence-electron chi connectivity index (χ1n) is 7.16. The van der Waals surface area contributed by atoms with Gasteiger partial charge in [-0.25, -0.2) is 4.90 Å². The zero-order valence-corrected chi connectivity index (χ0v) is 11.8. The van der Waals surface area contributed by atoms with Gasteiger partial charge in [-0.1, -0.05) is 24.3 Å². The van der Waals surface area contributed by atoms with E-state index >= 15 is 0 Å². The minimum atomic E-state index is -1.33. The van der Waals surface area contributed by atoms with E-state index in [0.29, 0.717) is 5.69 Å². The van der Waals surface area contributed by atoms with Crippen LogP contribution in [0.2, 0.25) is 0 Å². The standard InChI is InChI=1S/C16H13NO6/c18-7-16-6-5-10(23-16)11-12(16)14(20)17(13(11)19)9-3-1-8(2-4-9)15(21)22/h1-6,10-12,18H,7H2,(H,21,22)/p-1/t10-,11-,12+,16-/m1/s1. The monoisotopic (exact) mass is 314 g/mol. The lowest BCUT2D eigenvalue weighted by Gasteiger charge is -2.26. The summed E-state index contributed by atoms with van der Waals surface area (Å²) in [6.07, 6.45) is 2.83. The van der Waals surface area contributed by atoms with Gasteiger partial charge >= 0.3 is 0 Å². The smallest absolute Gasteiger partial charge is 0.241 e. The average molecular weight is 314 g/mol. The predicted octanol–water partition coefficient (Wildman–Crippen LogP) is -1.14. The SMILES string of the molecule is O=C([O-])c1ccc(N2C(=O)[C@H]3[C@@H](C2=O)[C@]2(CO)C=C[C@H]3O2)cc1. The molecule has 4 rings (SSSR count). The number of benzene rings is 1. The largest absolute Gasteiger partial charge is 0.545 e. The number of carboxylic acid groups (broad SMARTS) is 1. The molecule has 23 heavy (non-hydrogen) atoms. The highest BCUT2D eigenvalue weighted by atomic mass is 16.5. The van der Waals surface area contributed by atoms with Gasteiger partial charge in [0.05, 0.1) is 36.2 Å². The van der Waals surface area contributed by atoms with Gasteiger partial charge in [-0.05, 0) is 17.7 Å². The van der Waals surface area contributed by atoms with E-state index in [0.717, 1.165) is 4.90 Å². The van der Waals surface area contributed by atoms with Gasteiger partial charge in [-0.3, -0.25) is 9.59 Å². The normalized spacial score (nSPS) is 34.3. The topological polar surface area (TPSA) is 107 Å². The maximum Gasteiger partial charge on any atom is 0.241 e. The molecule has 2 saturated heterocycles. The molecule has 2 fully saturated rings. The van der Waals surface area contributed by atoms with Crippen molar-refractivity contribution in [3.05, 3.63) is 42.0 Å². The number of aromatic carboxylic acids is 1. The van der Waals surface area contributed by atoms with E-state index in [4.69, 9.17) is 4.74 Å². The molecular formula is C16H12NO6-. The molecule has 0 radical (unpaired) electrons. The van der Waals surface area contributed by atoms with Gasteiger partial charge in [-0.2, -0.15) is 0 Å². The molecule has 0 saturated carbocycles. The number of carboxylic acids is 1. The molecule has 0 unspecified atom stereocenters. The summed E-state index contributed by atoms with van der Waals surface area (Å²) in [4.78, 5) is 37.2. The minimum absolute atomic E-state index is 0.0371. The van der Waals surface area contributed by atoms with Crippen molar-refractivity contribution >= 4 is 23.5 Å². The van der Waals surface area contributed by atoms with Crippen LogP contribution in [0, 0.1) is 11.8 Å². The number of carbonyl (C=O) groups is 3. The Morgan fingerprint density at radius 3 is 2.57 bits per heavy atom. The van der Waals surface area contributed by atoms with E-state index in [1.807, 2.05) is 0 Å². The van der Waals surface area contributed by atoms with E-state index in [1.54, 1.807) is 12.2 Å². The molecule has 1 aromatic carbocycles. The molecule has 7 heteroatoms. The highest BCUT2D eigenvalue weighted by Crippen LogP contribution is 2.52. The van der Waals surface area contributed by atoms with E-state index in [-0.39, 0.29) is 12.2 Å². The van der Waals surface area contributed by atoms with Gasteiger partial charge in [-0.15, -0.1) is 0 Å². The van der Waals surface area contributed by atoms with Crippen LogP contribution in [0.1, 0.15) is 10.4 Å². The number of imide groups is 1. The van der Waals surface area contributed by atoms with Crippen LogP contribution in [0.3, 0.4) is 0 Å². The van der Waals surface area contributed by atoms with Crippen molar-refractivity contribution in [3.63, 3.8) is 0 Å². The first-order chi connectivity index (χ1) is 11.0. The third-order valence-electron chi connectivity index (χ3n) is 4.76. The molecule has 0 aliphatic carbocycles. The third kappa shape index (κ3) is 1.68. The van der Waals surface area contributed by atoms with Crippen molar-refractivity contribution in [1.29, 1.82) is 0 Å². The number of hydrogen-bond acceptors (Lipinski definition) is 6. The second-order valence-electron chi connectivity index (χ2n) is 5.90. The summed E-state index contributed by atoms with van der Waals surface area (Å²) in [7, 11) is 0. The molecule has 2 bridgehead atoms. The fourth-order valence-electron chi connectivity index (χ4n) is 3.69. The van der Waals surface area contributed by atoms with Crippen molar-refractivity contribution < 1.29 is 29.3 Å². The number of hydrogen-bond donors (Lipinski definition) is 1. The summed E-state index contributed by atoms with van der Waals surface area (Å²) >= 11 is 0. The van der Waals surface area contributed by atoms with Crippen LogP contribution in [-0.4, -0.2) is 41.2 Å². The van der Waals surface area contributed by atoms with Crippen LogP contribution in [-0.2, 0) is 14.3 Å². The average Bonchev–Trinajstić information content (AvgIpc) is 3.19. The number of nitrogens with zero attached hydrogens (tertiary/aromatic N) is 1. The molecule has 4 atom stereocenters. The molecule has 2 amide bonds. The number of fused-ring (bicyclic) bond motifs is 5. The predicted molar refractivity (Wildman–Crippen MR) is 74.1 cm³/mol. The Bertz CT molecular complexity index is 754. The molecule has 3 aliphatic rings. The second kappa shape index (κ2) is 4.50. The maximum absolute atomic E-state index is 12.7. The summed E-state index contributed by atoms with van der Waals surface area (Å²) in [5.41, 5.74) is -0.876. The first kappa shape index (κ1) is 14.1. The van der Waals surface area contributed by atoms with E-state index in [1.165, 1.54) is 24.3 Å². The zero-order chi connectivity index (χ0) is 16.4. The van der Waals surface area contributed by atoms with Crippen LogP contribution in [0.5, 0.6) is 0 Å². The molecule has 1 aromatic rings. The minimum Gasteiger partial charge on any atom is -0.545 e. The Morgan fingerprint density at radius 1 is 1.26 bits per heavy atom. The molecule has 118 valence electrons. The summed E-state index contributed by atoms with van der Waals surface area (Å²) in [6, 6.07) is 5.35. The van der Waals surface area contributed by atoms with Gasteiger partial charge in [0.1, 0.15) is 5.60 Å². The Hall–Kier alpha value is -2.51. The van der Waals surface area contributed by atoms with Crippen molar-refractivity contribution in [2.75, 3.05) is 11.5 Å². The van der Waals surface area contributed by atoms with Crippen LogP contribution < -0.4 is 10.0 Å². The van der Waals surface area contributed by atoms with Gasteiger partial charge in [0.2, 0.25) is 11.8 Å². The lowest BCUT2D eigenvalue weighted by Crippen LogP contribution is -2.43. The quantitative estimate of drug-likeness (QED) is 0.558. The summed E-state index contributed by atoms with van der Waals surface area (Å²) < 4.78 is 5.64. The Kier molecular flexibility index (Phi) is 2.76. The number of amides is 2. The Morgan fingerprint density at radius 2 is 1.96 bits per heavy atom. The van der Waals surface area contributed by atoms with E-state index in [9.17, 15) is 24.6 Å². The van der Waals surface area contributed by atoms with Crippen LogP contribution in [0.25, 0.3) is 0 Å². The highest BCUT2D eigenvalue weighted by Gasteiger charge is 2.67. The number of rotatable bonds is 3. The molecule has 7 nitrogen and oxygen atoms in total. The molecule has 1 N–H and O–H groups in total. The molecule has 3 aliphatic heterocycles. The second-order valence-corrected chi connectivity index (χ2v) is 5.90. The number of aliphatic hydroxyl groups is 1. The van der Waals surface area contributed by atoms with Gasteiger partial charge in [0.25, 0.3) is 0 Å². The maximum atomic E-state index is 12.7. The third-order valence-corrected chi connectivity index (χ3v) is 4.76. The molecule has 0 aromatic heterocycles. The van der Waals surface area contributed by atoms with Crippen LogP contribution >= 0.6 is 0 Å². The number of ether oxygens (including phenoxy) is 1. The lowest BCUT2D eigenvalue weighted by molar-refractivity contribution is -0.255. The Labute approximate surface area is 130 Å². The first-order valence-corrected chi connectivity index (χ1v) is 7.16. The fraction of sp³-hybridized carbons (Fsp3) is 0.312. The summed E-state index contributed by atoms with van der Waals surface area (Å²) in [6.45, 7) is -0.377. The lowest BCUT2D eigenvalue weighted by atomic mass is 9.77. The number of carbonyl (C=O) groups excluding carboxylic acids is 3. The van der Waals surface area contributed by atoms with E-state index in [2.05, 4.69) is 0 Å². The van der Waals surface area contributed by atoms with Crippen molar-refractivity contribution in [1.82, 2.24) is 0 Å².